The van der Waals surface area contributed by atoms with E-state index in [2.05, 4.69) is 29.9 Å². The first-order chi connectivity index (χ1) is 9.73. The molecule has 1 fully saturated rings. The van der Waals surface area contributed by atoms with Crippen molar-refractivity contribution in [3.8, 4) is 11.5 Å². The van der Waals surface area contributed by atoms with Crippen LogP contribution in [-0.2, 0) is 12.5 Å². The molecular weight excluding hydrogens is 252 g/mol. The lowest BCUT2D eigenvalue weighted by Crippen LogP contribution is -2.31. The number of nitrogens with zero attached hydrogens (tertiary/aromatic N) is 1. The fraction of sp³-hybridized carbons (Fsp3) is 0.500. The second kappa shape index (κ2) is 4.16. The van der Waals surface area contributed by atoms with Gasteiger partial charge in [-0.1, -0.05) is 12.8 Å². The SMILES string of the molecule is Cn1cc(C2(CN)CCCC2)c2cc3c(cc21)OCO3. The van der Waals surface area contributed by atoms with Crippen LogP contribution in [0.5, 0.6) is 11.5 Å². The van der Waals surface area contributed by atoms with Gasteiger partial charge in [0.15, 0.2) is 11.5 Å². The molecule has 2 aromatic rings. The number of fused-ring (bicyclic) bond motifs is 2. The first kappa shape index (κ1) is 12.1. The minimum Gasteiger partial charge on any atom is -0.454 e. The zero-order valence-electron chi connectivity index (χ0n) is 11.8. The number of rotatable bonds is 2. The van der Waals surface area contributed by atoms with Crippen LogP contribution in [0.4, 0.5) is 0 Å². The Morgan fingerprint density at radius 2 is 1.90 bits per heavy atom. The van der Waals surface area contributed by atoms with Gasteiger partial charge < -0.3 is 19.8 Å². The Labute approximate surface area is 118 Å². The van der Waals surface area contributed by atoms with Gasteiger partial charge in [-0.15, -0.1) is 0 Å². The van der Waals surface area contributed by atoms with Gasteiger partial charge in [0, 0.05) is 36.7 Å². The van der Waals surface area contributed by atoms with E-state index in [9.17, 15) is 0 Å². The summed E-state index contributed by atoms with van der Waals surface area (Å²) in [5, 5.41) is 1.27. The predicted octanol–water partition coefficient (Wildman–Crippen LogP) is 2.68. The maximum atomic E-state index is 6.15. The topological polar surface area (TPSA) is 49.4 Å². The summed E-state index contributed by atoms with van der Waals surface area (Å²) in [6, 6.07) is 4.21. The lowest BCUT2D eigenvalue weighted by Gasteiger charge is -2.27. The van der Waals surface area contributed by atoms with Gasteiger partial charge in [0.1, 0.15) is 0 Å². The summed E-state index contributed by atoms with van der Waals surface area (Å²) < 4.78 is 13.2. The highest BCUT2D eigenvalue weighted by Gasteiger charge is 2.37. The Bertz CT molecular complexity index is 669. The van der Waals surface area contributed by atoms with E-state index in [4.69, 9.17) is 15.2 Å². The van der Waals surface area contributed by atoms with Crippen molar-refractivity contribution in [1.29, 1.82) is 0 Å². The average Bonchev–Trinajstić information content (AvgIpc) is 3.16. The number of hydrogen-bond donors (Lipinski definition) is 1. The first-order valence-electron chi connectivity index (χ1n) is 7.33. The van der Waals surface area contributed by atoms with E-state index in [1.165, 1.54) is 42.1 Å². The van der Waals surface area contributed by atoms with Crippen molar-refractivity contribution in [3.63, 3.8) is 0 Å². The van der Waals surface area contributed by atoms with Gasteiger partial charge in [-0.2, -0.15) is 0 Å². The third kappa shape index (κ3) is 1.51. The Hall–Kier alpha value is -1.68. The molecule has 2 heterocycles. The number of hydrogen-bond acceptors (Lipinski definition) is 3. The summed E-state index contributed by atoms with van der Waals surface area (Å²) in [6.07, 6.45) is 7.18. The molecule has 0 atom stereocenters. The summed E-state index contributed by atoms with van der Waals surface area (Å²) >= 11 is 0. The lowest BCUT2D eigenvalue weighted by molar-refractivity contribution is 0.174. The van der Waals surface area contributed by atoms with E-state index in [-0.39, 0.29) is 5.41 Å². The van der Waals surface area contributed by atoms with Crippen LogP contribution >= 0.6 is 0 Å². The van der Waals surface area contributed by atoms with E-state index in [0.29, 0.717) is 6.79 Å². The van der Waals surface area contributed by atoms with Crippen molar-refractivity contribution in [2.45, 2.75) is 31.1 Å². The molecule has 2 aliphatic rings. The van der Waals surface area contributed by atoms with Crippen LogP contribution in [0.1, 0.15) is 31.2 Å². The van der Waals surface area contributed by atoms with Gasteiger partial charge in [0.05, 0.1) is 5.52 Å². The molecule has 0 spiro atoms. The van der Waals surface area contributed by atoms with Crippen LogP contribution in [-0.4, -0.2) is 17.9 Å². The smallest absolute Gasteiger partial charge is 0.231 e. The second-order valence-electron chi connectivity index (χ2n) is 6.07. The van der Waals surface area contributed by atoms with Gasteiger partial charge >= 0.3 is 0 Å². The molecule has 0 amide bonds. The molecule has 1 aliphatic carbocycles. The van der Waals surface area contributed by atoms with Gasteiger partial charge in [-0.25, -0.2) is 0 Å². The van der Waals surface area contributed by atoms with E-state index in [1.807, 2.05) is 0 Å². The van der Waals surface area contributed by atoms with Crippen LogP contribution in [0.25, 0.3) is 10.9 Å². The zero-order chi connectivity index (χ0) is 13.7. The third-order valence-electron chi connectivity index (χ3n) is 5.01. The predicted molar refractivity (Wildman–Crippen MR) is 78.2 cm³/mol. The fourth-order valence-corrected chi connectivity index (χ4v) is 3.83. The molecule has 4 rings (SSSR count). The highest BCUT2D eigenvalue weighted by molar-refractivity contribution is 5.88. The van der Waals surface area contributed by atoms with Crippen molar-refractivity contribution in [2.24, 2.45) is 12.8 Å². The summed E-state index contributed by atoms with van der Waals surface area (Å²) in [5.74, 6) is 1.70. The quantitative estimate of drug-likeness (QED) is 0.914. The molecule has 0 radical (unpaired) electrons. The molecule has 4 heteroatoms. The van der Waals surface area contributed by atoms with Crippen molar-refractivity contribution < 1.29 is 9.47 Å². The Morgan fingerprint density at radius 3 is 2.60 bits per heavy atom. The van der Waals surface area contributed by atoms with Gasteiger partial charge in [-0.05, 0) is 24.5 Å². The fourth-order valence-electron chi connectivity index (χ4n) is 3.83. The molecule has 2 N–H and O–H groups in total. The summed E-state index contributed by atoms with van der Waals surface area (Å²) in [7, 11) is 2.09. The highest BCUT2D eigenvalue weighted by atomic mass is 16.7. The molecule has 1 saturated carbocycles. The Kier molecular flexibility index (Phi) is 2.51. The Morgan fingerprint density at radius 1 is 1.20 bits per heavy atom. The van der Waals surface area contributed by atoms with Crippen molar-refractivity contribution >= 4 is 10.9 Å². The molecule has 1 aromatic heterocycles. The van der Waals surface area contributed by atoms with Gasteiger partial charge in [0.25, 0.3) is 0 Å². The molecule has 20 heavy (non-hydrogen) atoms. The summed E-state index contributed by atoms with van der Waals surface area (Å²) in [6.45, 7) is 1.05. The van der Waals surface area contributed by atoms with Gasteiger partial charge in [0.2, 0.25) is 6.79 Å². The van der Waals surface area contributed by atoms with E-state index >= 15 is 0 Å². The van der Waals surface area contributed by atoms with Gasteiger partial charge in [-0.3, -0.25) is 0 Å². The minimum atomic E-state index is 0.146. The summed E-state index contributed by atoms with van der Waals surface area (Å²) in [4.78, 5) is 0. The highest BCUT2D eigenvalue weighted by Crippen LogP contribution is 2.46. The maximum absolute atomic E-state index is 6.15. The maximum Gasteiger partial charge on any atom is 0.231 e. The first-order valence-corrected chi connectivity index (χ1v) is 7.33. The van der Waals surface area contributed by atoms with Crippen LogP contribution in [0.15, 0.2) is 18.3 Å². The summed E-state index contributed by atoms with van der Waals surface area (Å²) in [5.41, 5.74) is 8.88. The largest absolute Gasteiger partial charge is 0.454 e. The Balaban J connectivity index is 1.96. The van der Waals surface area contributed by atoms with E-state index in [0.717, 1.165) is 18.0 Å². The van der Waals surface area contributed by atoms with Crippen LogP contribution in [0.2, 0.25) is 0 Å². The number of aromatic nitrogens is 1. The van der Waals surface area contributed by atoms with E-state index in [1.54, 1.807) is 0 Å². The number of benzene rings is 1. The lowest BCUT2D eigenvalue weighted by atomic mass is 9.79. The third-order valence-corrected chi connectivity index (χ3v) is 5.01. The second-order valence-corrected chi connectivity index (χ2v) is 6.07. The number of ether oxygens (including phenoxy) is 2. The normalized spacial score (nSPS) is 19.9. The molecule has 106 valence electrons. The van der Waals surface area contributed by atoms with Crippen molar-refractivity contribution in [2.75, 3.05) is 13.3 Å². The molecular formula is C16H20N2O2. The van der Waals surface area contributed by atoms with Crippen LogP contribution < -0.4 is 15.2 Å². The molecule has 4 nitrogen and oxygen atoms in total. The monoisotopic (exact) mass is 272 g/mol. The molecule has 0 saturated heterocycles. The molecule has 1 aromatic carbocycles. The van der Waals surface area contributed by atoms with Crippen molar-refractivity contribution in [1.82, 2.24) is 4.57 Å². The van der Waals surface area contributed by atoms with Crippen LogP contribution in [0.3, 0.4) is 0 Å². The zero-order valence-corrected chi connectivity index (χ0v) is 11.8. The van der Waals surface area contributed by atoms with Crippen LogP contribution in [0, 0.1) is 0 Å². The minimum absolute atomic E-state index is 0.146. The number of aryl methyl sites for hydroxylation is 1. The average molecular weight is 272 g/mol. The standard InChI is InChI=1S/C16H20N2O2/c1-18-8-12(16(9-17)4-2-3-5-16)11-6-14-15(7-13(11)18)20-10-19-14/h6-8H,2-5,9-10,17H2,1H3. The van der Waals surface area contributed by atoms with E-state index < -0.39 is 0 Å². The number of nitrogens with two attached hydrogens (primary N) is 1. The molecule has 0 unspecified atom stereocenters. The molecule has 1 aliphatic heterocycles. The van der Waals surface area contributed by atoms with Crippen molar-refractivity contribution in [3.05, 3.63) is 23.9 Å². The molecule has 0 bridgehead atoms.